The van der Waals surface area contributed by atoms with Crippen LogP contribution in [0.25, 0.3) is 5.65 Å². The molecule has 0 aliphatic rings. The molecule has 0 fully saturated rings. The molecule has 7 heteroatoms. The molecule has 14 heavy (non-hydrogen) atoms. The highest BCUT2D eigenvalue weighted by Gasteiger charge is 2.03. The first-order valence-electron chi connectivity index (χ1n) is 3.82. The highest BCUT2D eigenvalue weighted by atomic mass is 32.1. The highest BCUT2D eigenvalue weighted by molar-refractivity contribution is 7.71. The van der Waals surface area contributed by atoms with Crippen LogP contribution in [-0.4, -0.2) is 19.6 Å². The number of aromatic nitrogens is 4. The summed E-state index contributed by atoms with van der Waals surface area (Å²) in [6, 6.07) is 3.58. The highest BCUT2D eigenvalue weighted by Crippen LogP contribution is 2.05. The van der Waals surface area contributed by atoms with E-state index in [9.17, 15) is 0 Å². The predicted molar refractivity (Wildman–Crippen MR) is 51.9 cm³/mol. The normalized spacial score (nSPS) is 10.2. The van der Waals surface area contributed by atoms with E-state index in [1.54, 1.807) is 6.07 Å². The molecule has 0 bridgehead atoms. The quantitative estimate of drug-likeness (QED) is 0.660. The van der Waals surface area contributed by atoms with Crippen molar-refractivity contribution in [3.8, 4) is 6.07 Å². The third-order valence-corrected chi connectivity index (χ3v) is 1.93. The fourth-order valence-electron chi connectivity index (χ4n) is 1.12. The van der Waals surface area contributed by atoms with Crippen molar-refractivity contribution in [2.75, 3.05) is 5.73 Å². The molecule has 2 aromatic rings. The molecule has 2 rings (SSSR count). The molecule has 0 unspecified atom stereocenters. The van der Waals surface area contributed by atoms with Gasteiger partial charge in [0.25, 0.3) is 0 Å². The number of anilines is 1. The van der Waals surface area contributed by atoms with Gasteiger partial charge in [-0.15, -0.1) is 0 Å². The van der Waals surface area contributed by atoms with E-state index in [-0.39, 0.29) is 6.42 Å². The maximum atomic E-state index is 8.48. The summed E-state index contributed by atoms with van der Waals surface area (Å²) >= 11 is 4.96. The van der Waals surface area contributed by atoms with Crippen LogP contribution in [0.4, 0.5) is 5.82 Å². The molecule has 0 radical (unpaired) electrons. The summed E-state index contributed by atoms with van der Waals surface area (Å²) in [6.07, 6.45) is 0.205. The molecule has 3 N–H and O–H groups in total. The van der Waals surface area contributed by atoms with Gasteiger partial charge in [-0.25, -0.2) is 14.5 Å². The van der Waals surface area contributed by atoms with Gasteiger partial charge in [0.1, 0.15) is 11.6 Å². The lowest BCUT2D eigenvalue weighted by molar-refractivity contribution is 0.872. The van der Waals surface area contributed by atoms with Crippen LogP contribution in [0.2, 0.25) is 0 Å². The van der Waals surface area contributed by atoms with Crippen LogP contribution in [0.1, 0.15) is 5.82 Å². The Labute approximate surface area is 84.0 Å². The van der Waals surface area contributed by atoms with Gasteiger partial charge < -0.3 is 5.73 Å². The fourth-order valence-corrected chi connectivity index (χ4v) is 1.37. The van der Waals surface area contributed by atoms with E-state index in [1.165, 1.54) is 4.52 Å². The number of nitriles is 1. The molecule has 0 aromatic carbocycles. The maximum absolute atomic E-state index is 8.48. The Bertz CT molecular complexity index is 574. The number of nitrogens with two attached hydrogens (primary N) is 1. The number of H-pyrrole nitrogens is 1. The number of fused-ring (bicyclic) bond motifs is 1. The number of nitrogens with zero attached hydrogens (tertiary/aromatic N) is 4. The van der Waals surface area contributed by atoms with Gasteiger partial charge >= 0.3 is 0 Å². The van der Waals surface area contributed by atoms with Crippen LogP contribution in [0.15, 0.2) is 6.07 Å². The molecule has 0 aliphatic heterocycles. The summed E-state index contributed by atoms with van der Waals surface area (Å²) in [7, 11) is 0. The summed E-state index contributed by atoms with van der Waals surface area (Å²) in [5, 5.41) is 11.3. The summed E-state index contributed by atoms with van der Waals surface area (Å²) in [5.41, 5.74) is 6.07. The summed E-state index contributed by atoms with van der Waals surface area (Å²) in [6.45, 7) is 0. The number of hydrogen-bond donors (Lipinski definition) is 2. The Kier molecular flexibility index (Phi) is 1.90. The first-order chi connectivity index (χ1) is 6.70. The number of aromatic amines is 1. The second kappa shape index (κ2) is 3.08. The summed E-state index contributed by atoms with van der Waals surface area (Å²) in [5.74, 6) is 0.871. The molecule has 0 amide bonds. The minimum atomic E-state index is 0.205. The van der Waals surface area contributed by atoms with Crippen molar-refractivity contribution in [2.24, 2.45) is 0 Å². The Hall–Kier alpha value is -1.94. The van der Waals surface area contributed by atoms with Crippen LogP contribution in [0, 0.1) is 16.1 Å². The van der Waals surface area contributed by atoms with Crippen LogP contribution in [0.3, 0.4) is 0 Å². The summed E-state index contributed by atoms with van der Waals surface area (Å²) < 4.78 is 1.81. The molecule has 0 saturated carbocycles. The zero-order chi connectivity index (χ0) is 10.1. The minimum absolute atomic E-state index is 0.205. The zero-order valence-electron chi connectivity index (χ0n) is 7.06. The van der Waals surface area contributed by atoms with Gasteiger partial charge in [-0.3, -0.25) is 5.10 Å². The average molecular weight is 206 g/mol. The fraction of sp³-hybridized carbons (Fsp3) is 0.143. The molecule has 6 nitrogen and oxygen atoms in total. The van der Waals surface area contributed by atoms with Gasteiger partial charge in [0.15, 0.2) is 5.65 Å². The Morgan fingerprint density at radius 3 is 3.14 bits per heavy atom. The maximum Gasteiger partial charge on any atom is 0.222 e. The molecule has 0 saturated heterocycles. The minimum Gasteiger partial charge on any atom is -0.383 e. The molecule has 0 spiro atoms. The summed E-state index contributed by atoms with van der Waals surface area (Å²) in [4.78, 5) is 8.00. The first kappa shape index (κ1) is 8.65. The van der Waals surface area contributed by atoms with Crippen molar-refractivity contribution in [2.45, 2.75) is 6.42 Å². The molecule has 0 aliphatic carbocycles. The van der Waals surface area contributed by atoms with E-state index < -0.39 is 0 Å². The lowest BCUT2D eigenvalue weighted by Gasteiger charge is -1.92. The van der Waals surface area contributed by atoms with Gasteiger partial charge in [0.05, 0.1) is 12.5 Å². The van der Waals surface area contributed by atoms with Crippen LogP contribution < -0.4 is 5.73 Å². The monoisotopic (exact) mass is 206 g/mol. The van der Waals surface area contributed by atoms with E-state index in [2.05, 4.69) is 15.1 Å². The lowest BCUT2D eigenvalue weighted by atomic mass is 10.4. The van der Waals surface area contributed by atoms with Crippen LogP contribution in [0.5, 0.6) is 0 Å². The molecule has 70 valence electrons. The number of rotatable bonds is 1. The molecule has 0 atom stereocenters. The van der Waals surface area contributed by atoms with Gasteiger partial charge in [-0.2, -0.15) is 5.26 Å². The van der Waals surface area contributed by atoms with E-state index in [4.69, 9.17) is 23.2 Å². The van der Waals surface area contributed by atoms with Gasteiger partial charge in [-0.05, 0) is 12.2 Å². The van der Waals surface area contributed by atoms with Crippen LogP contribution >= 0.6 is 12.2 Å². The molecular weight excluding hydrogens is 200 g/mol. The van der Waals surface area contributed by atoms with Crippen molar-refractivity contribution in [1.82, 2.24) is 19.6 Å². The Morgan fingerprint density at radius 1 is 1.64 bits per heavy atom. The van der Waals surface area contributed by atoms with Crippen molar-refractivity contribution >= 4 is 23.7 Å². The largest absolute Gasteiger partial charge is 0.383 e. The third-order valence-electron chi connectivity index (χ3n) is 1.66. The van der Waals surface area contributed by atoms with Gasteiger partial charge in [-0.1, -0.05) is 0 Å². The first-order valence-corrected chi connectivity index (χ1v) is 4.22. The molecule has 2 heterocycles. The smallest absolute Gasteiger partial charge is 0.222 e. The van der Waals surface area contributed by atoms with Crippen molar-refractivity contribution < 1.29 is 0 Å². The van der Waals surface area contributed by atoms with Crippen molar-refractivity contribution in [3.63, 3.8) is 0 Å². The van der Waals surface area contributed by atoms with Gasteiger partial charge in [0, 0.05) is 6.07 Å². The predicted octanol–water partition coefficient (Wildman–Crippen LogP) is 0.435. The van der Waals surface area contributed by atoms with Crippen LogP contribution in [-0.2, 0) is 6.42 Å². The number of nitrogens with one attached hydrogen (secondary N) is 1. The Morgan fingerprint density at radius 2 is 2.43 bits per heavy atom. The van der Waals surface area contributed by atoms with E-state index in [0.29, 0.717) is 22.1 Å². The average Bonchev–Trinajstić information content (AvgIpc) is 2.48. The standard InChI is InChI=1S/C7H6N6S/c8-2-1-5-11-6-3-4(9)10-7(14)13(6)12-5/h3H,1H2,(H,11,12)(H2,9,10,14). The van der Waals surface area contributed by atoms with E-state index in [0.717, 1.165) is 0 Å². The molecular formula is C7H6N6S. The zero-order valence-corrected chi connectivity index (χ0v) is 7.88. The van der Waals surface area contributed by atoms with Crippen molar-refractivity contribution in [3.05, 3.63) is 16.7 Å². The van der Waals surface area contributed by atoms with Crippen molar-refractivity contribution in [1.29, 1.82) is 5.26 Å². The topological polar surface area (TPSA) is 95.8 Å². The van der Waals surface area contributed by atoms with Gasteiger partial charge in [0.2, 0.25) is 4.77 Å². The number of hydrogen-bond acceptors (Lipinski definition) is 5. The second-order valence-electron chi connectivity index (χ2n) is 2.66. The third kappa shape index (κ3) is 1.31. The van der Waals surface area contributed by atoms with E-state index in [1.807, 2.05) is 6.07 Å². The molecule has 2 aromatic heterocycles. The van der Waals surface area contributed by atoms with E-state index >= 15 is 0 Å². The lowest BCUT2D eigenvalue weighted by Crippen LogP contribution is -1.97. The Balaban J connectivity index is 2.72. The SMILES string of the molecule is N#CCc1nc2cc(N)nc(=S)n2[nH]1. The number of nitrogen functional groups attached to an aromatic ring is 1. The second-order valence-corrected chi connectivity index (χ2v) is 3.03.